The number of H-pyrrole nitrogens is 1. The van der Waals surface area contributed by atoms with Crippen molar-refractivity contribution in [2.45, 2.75) is 59.8 Å². The van der Waals surface area contributed by atoms with E-state index >= 15 is 0 Å². The molecule has 0 bridgehead atoms. The second kappa shape index (κ2) is 10.3. The first-order chi connectivity index (χ1) is 14.6. The zero-order valence-corrected chi connectivity index (χ0v) is 19.3. The number of ether oxygens (including phenoxy) is 2. The van der Waals surface area contributed by atoms with Crippen molar-refractivity contribution < 1.29 is 23.9 Å². The predicted octanol–water partition coefficient (Wildman–Crippen LogP) is 4.71. The summed E-state index contributed by atoms with van der Waals surface area (Å²) in [6.07, 6.45) is 0.517. The van der Waals surface area contributed by atoms with Crippen LogP contribution in [0, 0.1) is 6.92 Å². The Labute approximate surface area is 183 Å². The number of rotatable bonds is 8. The lowest BCUT2D eigenvalue weighted by atomic mass is 9.92. The van der Waals surface area contributed by atoms with E-state index in [4.69, 9.17) is 9.47 Å². The lowest BCUT2D eigenvalue weighted by Gasteiger charge is -2.20. The van der Waals surface area contributed by atoms with E-state index in [1.807, 2.05) is 25.1 Å². The minimum absolute atomic E-state index is 0.149. The van der Waals surface area contributed by atoms with Crippen molar-refractivity contribution in [2.75, 3.05) is 19.0 Å². The topological polar surface area (TPSA) is 97.5 Å². The number of carbonyl (C=O) groups excluding carboxylic acids is 3. The van der Waals surface area contributed by atoms with Crippen LogP contribution < -0.4 is 5.32 Å². The van der Waals surface area contributed by atoms with E-state index < -0.39 is 24.5 Å². The molecule has 0 atom stereocenters. The molecule has 0 aliphatic rings. The average Bonchev–Trinajstić information content (AvgIpc) is 3.07. The van der Waals surface area contributed by atoms with E-state index in [1.54, 1.807) is 6.92 Å². The first kappa shape index (κ1) is 24.2. The number of aromatic amines is 1. The summed E-state index contributed by atoms with van der Waals surface area (Å²) >= 11 is 0. The fraction of sp³-hybridized carbons (Fsp3) is 0.458. The minimum atomic E-state index is -0.696. The Morgan fingerprint density at radius 1 is 1.03 bits per heavy atom. The molecule has 0 fully saturated rings. The highest BCUT2D eigenvalue weighted by atomic mass is 16.5. The molecule has 168 valence electrons. The van der Waals surface area contributed by atoms with Crippen molar-refractivity contribution in [1.82, 2.24) is 4.98 Å². The second-order valence-electron chi connectivity index (χ2n) is 8.07. The number of hydrogen-bond donors (Lipinski definition) is 2. The third-order valence-electron chi connectivity index (χ3n) is 5.25. The molecule has 7 nitrogen and oxygen atoms in total. The Balaban J connectivity index is 2.17. The van der Waals surface area contributed by atoms with E-state index in [2.05, 4.69) is 38.0 Å². The van der Waals surface area contributed by atoms with E-state index in [0.29, 0.717) is 23.2 Å². The Morgan fingerprint density at radius 2 is 1.61 bits per heavy atom. The van der Waals surface area contributed by atoms with Crippen molar-refractivity contribution >= 4 is 23.5 Å². The first-order valence-electron chi connectivity index (χ1n) is 10.5. The monoisotopic (exact) mass is 428 g/mol. The summed E-state index contributed by atoms with van der Waals surface area (Å²) in [5.41, 5.74) is 4.34. The normalized spacial score (nSPS) is 11.0. The number of aromatic nitrogens is 1. The number of para-hydroxylation sites is 1. The van der Waals surface area contributed by atoms with Gasteiger partial charge in [0.25, 0.3) is 5.91 Å². The standard InChI is InChI=1S/C24H32N2O5/c1-8-18-20(23(28)30-7)15(6)21(25-18)24(29)31-12-19(27)26-22-16(13(2)3)10-9-11-17(22)14(4)5/h9-11,13-14,25H,8,12H2,1-7H3,(H,26,27). The Hall–Kier alpha value is -3.09. The van der Waals surface area contributed by atoms with Gasteiger partial charge in [-0.25, -0.2) is 9.59 Å². The predicted molar refractivity (Wildman–Crippen MR) is 120 cm³/mol. The van der Waals surface area contributed by atoms with Gasteiger partial charge in [-0.2, -0.15) is 0 Å². The van der Waals surface area contributed by atoms with Crippen molar-refractivity contribution in [1.29, 1.82) is 0 Å². The molecule has 2 aromatic rings. The number of esters is 2. The summed E-state index contributed by atoms with van der Waals surface area (Å²) < 4.78 is 10.0. The number of amides is 1. The molecule has 0 aliphatic carbocycles. The number of nitrogens with one attached hydrogen (secondary N) is 2. The molecule has 7 heteroatoms. The van der Waals surface area contributed by atoms with Crippen LogP contribution in [0.3, 0.4) is 0 Å². The molecule has 2 N–H and O–H groups in total. The Kier molecular flexibility index (Phi) is 8.02. The van der Waals surface area contributed by atoms with Gasteiger partial charge in [-0.3, -0.25) is 4.79 Å². The van der Waals surface area contributed by atoms with Gasteiger partial charge in [-0.1, -0.05) is 52.8 Å². The maximum absolute atomic E-state index is 12.6. The fourth-order valence-corrected chi connectivity index (χ4v) is 3.58. The van der Waals surface area contributed by atoms with E-state index in [-0.39, 0.29) is 17.5 Å². The maximum atomic E-state index is 12.6. The van der Waals surface area contributed by atoms with Crippen LogP contribution in [0.25, 0.3) is 0 Å². The van der Waals surface area contributed by atoms with Gasteiger partial charge >= 0.3 is 11.9 Å². The molecule has 0 saturated carbocycles. The van der Waals surface area contributed by atoms with Crippen LogP contribution in [0.5, 0.6) is 0 Å². The first-order valence-corrected chi connectivity index (χ1v) is 10.5. The number of hydrogen-bond acceptors (Lipinski definition) is 5. The summed E-state index contributed by atoms with van der Waals surface area (Å²) in [4.78, 5) is 40.1. The van der Waals surface area contributed by atoms with Crippen LogP contribution in [0.4, 0.5) is 5.69 Å². The molecular formula is C24H32N2O5. The van der Waals surface area contributed by atoms with Gasteiger partial charge < -0.3 is 19.8 Å². The van der Waals surface area contributed by atoms with Gasteiger partial charge in [0.15, 0.2) is 6.61 Å². The van der Waals surface area contributed by atoms with Crippen molar-refractivity contribution in [3.05, 3.63) is 51.8 Å². The molecule has 0 unspecified atom stereocenters. The summed E-state index contributed by atoms with van der Waals surface area (Å²) in [6.45, 7) is 11.3. The van der Waals surface area contributed by atoms with Gasteiger partial charge in [-0.05, 0) is 41.9 Å². The van der Waals surface area contributed by atoms with Crippen LogP contribution in [0.2, 0.25) is 0 Å². The van der Waals surface area contributed by atoms with Crippen molar-refractivity contribution in [2.24, 2.45) is 0 Å². The molecular weight excluding hydrogens is 396 g/mol. The van der Waals surface area contributed by atoms with E-state index in [1.165, 1.54) is 7.11 Å². The molecule has 1 heterocycles. The number of aryl methyl sites for hydroxylation is 1. The van der Waals surface area contributed by atoms with Gasteiger partial charge in [0, 0.05) is 11.4 Å². The number of methoxy groups -OCH3 is 1. The van der Waals surface area contributed by atoms with Crippen molar-refractivity contribution in [3.8, 4) is 0 Å². The lowest BCUT2D eigenvalue weighted by molar-refractivity contribution is -0.119. The summed E-state index contributed by atoms with van der Waals surface area (Å²) in [5.74, 6) is -1.19. The summed E-state index contributed by atoms with van der Waals surface area (Å²) in [5, 5.41) is 2.92. The van der Waals surface area contributed by atoms with Crippen LogP contribution in [0.15, 0.2) is 18.2 Å². The van der Waals surface area contributed by atoms with Gasteiger partial charge in [0.1, 0.15) is 5.69 Å². The second-order valence-corrected chi connectivity index (χ2v) is 8.07. The van der Waals surface area contributed by atoms with Crippen LogP contribution in [-0.4, -0.2) is 36.5 Å². The molecule has 0 saturated heterocycles. The van der Waals surface area contributed by atoms with Crippen LogP contribution in [0.1, 0.15) is 89.7 Å². The molecule has 0 spiro atoms. The van der Waals surface area contributed by atoms with Crippen LogP contribution >= 0.6 is 0 Å². The largest absolute Gasteiger partial charge is 0.465 e. The molecule has 0 aliphatic heterocycles. The minimum Gasteiger partial charge on any atom is -0.465 e. The summed E-state index contributed by atoms with van der Waals surface area (Å²) in [7, 11) is 1.29. The smallest absolute Gasteiger partial charge is 0.355 e. The third-order valence-corrected chi connectivity index (χ3v) is 5.25. The highest BCUT2D eigenvalue weighted by Crippen LogP contribution is 2.32. The highest BCUT2D eigenvalue weighted by Gasteiger charge is 2.25. The highest BCUT2D eigenvalue weighted by molar-refractivity contribution is 6.00. The van der Waals surface area contributed by atoms with Gasteiger partial charge in [0.2, 0.25) is 0 Å². The zero-order chi connectivity index (χ0) is 23.3. The average molecular weight is 429 g/mol. The molecule has 1 amide bonds. The Morgan fingerprint density at radius 3 is 2.10 bits per heavy atom. The Bertz CT molecular complexity index is 946. The molecule has 1 aromatic heterocycles. The summed E-state index contributed by atoms with van der Waals surface area (Å²) in [6, 6.07) is 5.96. The SMILES string of the molecule is CCc1[nH]c(C(=O)OCC(=O)Nc2c(C(C)C)cccc2C(C)C)c(C)c1C(=O)OC. The maximum Gasteiger partial charge on any atom is 0.355 e. The van der Waals surface area contributed by atoms with E-state index in [9.17, 15) is 14.4 Å². The van der Waals surface area contributed by atoms with E-state index in [0.717, 1.165) is 16.8 Å². The van der Waals surface area contributed by atoms with Gasteiger partial charge in [-0.15, -0.1) is 0 Å². The quantitative estimate of drug-likeness (QED) is 0.593. The molecule has 2 rings (SSSR count). The fourth-order valence-electron chi connectivity index (χ4n) is 3.58. The lowest BCUT2D eigenvalue weighted by Crippen LogP contribution is -2.23. The molecule has 1 aromatic carbocycles. The van der Waals surface area contributed by atoms with Crippen LogP contribution in [-0.2, 0) is 20.7 Å². The number of benzene rings is 1. The van der Waals surface area contributed by atoms with Crippen molar-refractivity contribution in [3.63, 3.8) is 0 Å². The number of carbonyl (C=O) groups is 3. The molecule has 31 heavy (non-hydrogen) atoms. The third kappa shape index (κ3) is 5.34. The van der Waals surface area contributed by atoms with Gasteiger partial charge in [0.05, 0.1) is 12.7 Å². The molecule has 0 radical (unpaired) electrons. The zero-order valence-electron chi connectivity index (χ0n) is 19.3. The number of anilines is 1.